The van der Waals surface area contributed by atoms with E-state index in [1.54, 1.807) is 0 Å². The molecule has 31 heteroatoms. The third kappa shape index (κ3) is 25.9. The summed E-state index contributed by atoms with van der Waals surface area (Å²) >= 11 is 0. The number of aliphatic imine (C=N–C) groups is 3. The van der Waals surface area contributed by atoms with Crippen molar-refractivity contribution >= 4 is 77.1 Å². The van der Waals surface area contributed by atoms with Crippen molar-refractivity contribution in [1.82, 2.24) is 36.8 Å². The molecule has 1 saturated heterocycles. The van der Waals surface area contributed by atoms with Crippen LogP contribution in [0.4, 0.5) is 0 Å². The van der Waals surface area contributed by atoms with Crippen LogP contribution in [-0.4, -0.2) is 174 Å². The van der Waals surface area contributed by atoms with Gasteiger partial charge < -0.3 is 98.6 Å². The van der Waals surface area contributed by atoms with Gasteiger partial charge in [0.1, 0.15) is 36.3 Å². The number of guanidine groups is 3. The Bertz CT molecular complexity index is 1940. The number of carboxylic acids is 2. The molecule has 0 aliphatic carbocycles. The lowest BCUT2D eigenvalue weighted by Crippen LogP contribution is -2.58. The minimum Gasteiger partial charge on any atom is -0.481 e. The van der Waals surface area contributed by atoms with E-state index < -0.39 is 121 Å². The van der Waals surface area contributed by atoms with Gasteiger partial charge in [-0.3, -0.25) is 58.1 Å². The third-order valence-electron chi connectivity index (χ3n) is 10.9. The molecule has 26 N–H and O–H groups in total. The van der Waals surface area contributed by atoms with E-state index >= 15 is 0 Å². The molecule has 1 aliphatic rings. The SMILES string of the molecule is NCCCCC(NC(=O)C(N)CCC(N)=O)C(=O)NC(CCCN=C(N)N)C(=O)NCC(=O)NC(CCCN=C(N)N)C(=O)NC(CCC(=O)O)C(=O)N1CCCC1C(=O)NC(CCCN=C(N)N)C(=O)O. The number of amides is 8. The van der Waals surface area contributed by atoms with Gasteiger partial charge in [0.2, 0.25) is 47.3 Å². The fraction of sp³-hybridized carbons (Fsp3) is 0.683. The average molecular weight is 1030 g/mol. The smallest absolute Gasteiger partial charge is 0.326 e. The number of hydrogen-bond donors (Lipinski definition) is 17. The van der Waals surface area contributed by atoms with Gasteiger partial charge in [0.05, 0.1) is 12.6 Å². The van der Waals surface area contributed by atoms with Crippen molar-refractivity contribution in [2.24, 2.45) is 66.6 Å². The lowest BCUT2D eigenvalue weighted by Gasteiger charge is -2.30. The molecule has 0 radical (unpaired) electrons. The minimum atomic E-state index is -1.55. The highest BCUT2D eigenvalue weighted by molar-refractivity contribution is 5.97. The van der Waals surface area contributed by atoms with Crippen LogP contribution in [0.1, 0.15) is 96.3 Å². The monoisotopic (exact) mass is 1030 g/mol. The second kappa shape index (κ2) is 33.9. The summed E-state index contributed by atoms with van der Waals surface area (Å²) in [6.07, 6.45) is 0.199. The molecular formula is C41H75N19O12. The van der Waals surface area contributed by atoms with Crippen molar-refractivity contribution in [3.8, 4) is 0 Å². The number of carbonyl (C=O) groups is 10. The molecule has 7 unspecified atom stereocenters. The molecule has 0 spiro atoms. The van der Waals surface area contributed by atoms with E-state index in [2.05, 4.69) is 46.9 Å². The first-order valence-corrected chi connectivity index (χ1v) is 23.4. The summed E-state index contributed by atoms with van der Waals surface area (Å²) in [5.41, 5.74) is 49.1. The first-order valence-electron chi connectivity index (χ1n) is 23.4. The third-order valence-corrected chi connectivity index (χ3v) is 10.9. The lowest BCUT2D eigenvalue weighted by molar-refractivity contribution is -0.145. The number of nitrogens with two attached hydrogens (primary N) is 9. The Morgan fingerprint density at radius 2 is 1.04 bits per heavy atom. The first-order chi connectivity index (χ1) is 34.0. The Hall–Kier alpha value is -7.57. The van der Waals surface area contributed by atoms with Crippen LogP contribution >= 0.6 is 0 Å². The highest BCUT2D eigenvalue weighted by atomic mass is 16.4. The van der Waals surface area contributed by atoms with Gasteiger partial charge in [-0.25, -0.2) is 4.79 Å². The van der Waals surface area contributed by atoms with Gasteiger partial charge in [0.15, 0.2) is 17.9 Å². The molecule has 31 nitrogen and oxygen atoms in total. The number of carbonyl (C=O) groups excluding carboxylic acids is 8. The molecule has 0 bridgehead atoms. The number of nitrogens with zero attached hydrogens (tertiary/aromatic N) is 4. The Kier molecular flexibility index (Phi) is 29.4. The van der Waals surface area contributed by atoms with Gasteiger partial charge in [0.25, 0.3) is 0 Å². The standard InChI is InChI=1S/C41H75N19O12/c42-16-2-1-7-25(56-32(65)22(43)12-14-29(44)61)35(68)57-23(8-3-17-51-39(45)46)33(66)54-21-30(62)55-24(9-4-18-52-40(47)48)34(67)58-26(13-15-31(63)64)37(70)60-20-6-11-28(60)36(69)59-27(38(71)72)10-5-19-53-41(49)50/h22-28H,1-21,42-43H2,(H2,44,61)(H,54,66)(H,55,62)(H,56,65)(H,57,68)(H,58,67)(H,59,69)(H,63,64)(H,71,72)(H4,45,46,51)(H4,47,48,52)(H4,49,50,53). The van der Waals surface area contributed by atoms with Gasteiger partial charge in [-0.1, -0.05) is 0 Å². The van der Waals surface area contributed by atoms with Crippen LogP contribution in [0.2, 0.25) is 0 Å². The number of rotatable bonds is 36. The average Bonchev–Trinajstić information content (AvgIpc) is 3.81. The topological polar surface area (TPSA) is 558 Å². The van der Waals surface area contributed by atoms with Gasteiger partial charge >= 0.3 is 11.9 Å². The number of likely N-dealkylation sites (tertiary alicyclic amines) is 1. The molecule has 406 valence electrons. The Labute approximate surface area is 415 Å². The molecule has 1 aliphatic heterocycles. The highest BCUT2D eigenvalue weighted by Crippen LogP contribution is 2.21. The second-order valence-corrected chi connectivity index (χ2v) is 16.8. The second-order valence-electron chi connectivity index (χ2n) is 16.8. The molecule has 1 fully saturated rings. The minimum absolute atomic E-state index is 0.00284. The molecule has 0 aromatic heterocycles. The maximum Gasteiger partial charge on any atom is 0.326 e. The zero-order chi connectivity index (χ0) is 54.3. The number of aliphatic carboxylic acids is 2. The van der Waals surface area contributed by atoms with Crippen molar-refractivity contribution in [1.29, 1.82) is 0 Å². The summed E-state index contributed by atoms with van der Waals surface area (Å²) in [6.45, 7) is -0.356. The molecule has 8 amide bonds. The summed E-state index contributed by atoms with van der Waals surface area (Å²) in [4.78, 5) is 143. The number of nitrogens with one attached hydrogen (secondary N) is 6. The fourth-order valence-electron chi connectivity index (χ4n) is 7.15. The summed E-state index contributed by atoms with van der Waals surface area (Å²) in [6, 6.07) is -9.27. The summed E-state index contributed by atoms with van der Waals surface area (Å²) in [7, 11) is 0. The maximum atomic E-state index is 14.1. The summed E-state index contributed by atoms with van der Waals surface area (Å²) in [5, 5.41) is 34.2. The van der Waals surface area contributed by atoms with Crippen LogP contribution in [0.25, 0.3) is 0 Å². The van der Waals surface area contributed by atoms with Crippen LogP contribution in [0.3, 0.4) is 0 Å². The van der Waals surface area contributed by atoms with E-state index in [0.717, 1.165) is 4.90 Å². The number of primary amides is 1. The molecule has 1 heterocycles. The van der Waals surface area contributed by atoms with Crippen LogP contribution < -0.4 is 83.5 Å². The van der Waals surface area contributed by atoms with Crippen molar-refractivity contribution in [3.05, 3.63) is 0 Å². The van der Waals surface area contributed by atoms with Gasteiger partial charge in [-0.05, 0) is 90.0 Å². The molecule has 0 aromatic carbocycles. The molecule has 0 aromatic rings. The van der Waals surface area contributed by atoms with Gasteiger partial charge in [-0.15, -0.1) is 0 Å². The largest absolute Gasteiger partial charge is 0.481 e. The Morgan fingerprint density at radius 1 is 0.556 bits per heavy atom. The van der Waals surface area contributed by atoms with Crippen molar-refractivity contribution < 1.29 is 58.2 Å². The first kappa shape index (κ1) is 62.4. The lowest BCUT2D eigenvalue weighted by atomic mass is 10.0. The Morgan fingerprint density at radius 3 is 1.54 bits per heavy atom. The van der Waals surface area contributed by atoms with Crippen LogP contribution in [-0.2, 0) is 47.9 Å². The maximum absolute atomic E-state index is 14.1. The number of carboxylic acid groups (broad SMARTS) is 2. The molecule has 72 heavy (non-hydrogen) atoms. The highest BCUT2D eigenvalue weighted by Gasteiger charge is 2.40. The zero-order valence-corrected chi connectivity index (χ0v) is 40.4. The zero-order valence-electron chi connectivity index (χ0n) is 40.4. The van der Waals surface area contributed by atoms with Crippen molar-refractivity contribution in [3.63, 3.8) is 0 Å². The van der Waals surface area contributed by atoms with Crippen LogP contribution in [0.15, 0.2) is 15.0 Å². The molecule has 7 atom stereocenters. The molecule has 0 saturated carbocycles. The number of hydrogen-bond acceptors (Lipinski definition) is 15. The van der Waals surface area contributed by atoms with Crippen molar-refractivity contribution in [2.45, 2.75) is 139 Å². The Balaban J connectivity index is 3.34. The quantitative estimate of drug-likeness (QED) is 0.0157. The number of unbranched alkanes of at least 4 members (excludes halogenated alkanes) is 1. The van der Waals surface area contributed by atoms with Crippen LogP contribution in [0.5, 0.6) is 0 Å². The van der Waals surface area contributed by atoms with Crippen molar-refractivity contribution in [2.75, 3.05) is 39.3 Å². The van der Waals surface area contributed by atoms with Crippen LogP contribution in [0, 0.1) is 0 Å². The molecular weight excluding hydrogens is 951 g/mol. The van der Waals surface area contributed by atoms with E-state index in [1.165, 1.54) is 0 Å². The predicted octanol–water partition coefficient (Wildman–Crippen LogP) is -7.65. The van der Waals surface area contributed by atoms with Gasteiger partial charge in [0, 0.05) is 39.0 Å². The summed E-state index contributed by atoms with van der Waals surface area (Å²) < 4.78 is 0. The van der Waals surface area contributed by atoms with E-state index in [9.17, 15) is 58.2 Å². The predicted molar refractivity (Wildman–Crippen MR) is 261 cm³/mol. The van der Waals surface area contributed by atoms with E-state index in [1.807, 2.05) is 0 Å². The van der Waals surface area contributed by atoms with Gasteiger partial charge in [-0.2, -0.15) is 0 Å². The fourth-order valence-corrected chi connectivity index (χ4v) is 7.15. The van der Waals surface area contributed by atoms with E-state index in [4.69, 9.17) is 51.6 Å². The van der Waals surface area contributed by atoms with E-state index in [-0.39, 0.29) is 115 Å². The normalized spacial score (nSPS) is 15.4. The summed E-state index contributed by atoms with van der Waals surface area (Å²) in [5.74, 6) is -10.0. The molecule has 1 rings (SSSR count). The van der Waals surface area contributed by atoms with E-state index in [0.29, 0.717) is 19.3 Å².